The molecule has 0 radical (unpaired) electrons. The molecule has 0 aliphatic rings. The lowest BCUT2D eigenvalue weighted by molar-refractivity contribution is -0.137. The first-order valence-electron chi connectivity index (χ1n) is 6.40. The number of thiophene rings is 1. The topological polar surface area (TPSA) is 40.5 Å². The maximum Gasteiger partial charge on any atom is 0.303 e. The molecule has 0 amide bonds. The Morgan fingerprint density at radius 2 is 2.00 bits per heavy atom. The van der Waals surface area contributed by atoms with Gasteiger partial charge in [-0.15, -0.1) is 11.3 Å². The van der Waals surface area contributed by atoms with Gasteiger partial charge in [0.2, 0.25) is 0 Å². The summed E-state index contributed by atoms with van der Waals surface area (Å²) in [5, 5.41) is 10.8. The van der Waals surface area contributed by atoms with Crippen LogP contribution in [0.25, 0.3) is 0 Å². The molecule has 0 atom stereocenters. The molecular formula is C15H16BrNO2S. The number of halogens is 1. The summed E-state index contributed by atoms with van der Waals surface area (Å²) in [4.78, 5) is 14.1. The molecule has 0 unspecified atom stereocenters. The minimum atomic E-state index is -0.740. The smallest absolute Gasteiger partial charge is 0.303 e. The molecule has 3 nitrogen and oxygen atoms in total. The van der Waals surface area contributed by atoms with Crippen LogP contribution >= 0.6 is 27.3 Å². The van der Waals surface area contributed by atoms with E-state index in [1.54, 1.807) is 11.3 Å². The lowest BCUT2D eigenvalue weighted by Crippen LogP contribution is -2.24. The van der Waals surface area contributed by atoms with Crippen LogP contribution in [-0.4, -0.2) is 17.6 Å². The lowest BCUT2D eigenvalue weighted by Gasteiger charge is -2.24. The van der Waals surface area contributed by atoms with E-state index >= 15 is 0 Å². The van der Waals surface area contributed by atoms with E-state index in [-0.39, 0.29) is 6.42 Å². The predicted octanol–water partition coefficient (Wildman–Crippen LogP) is 4.38. The first-order chi connectivity index (χ1) is 9.66. The SMILES string of the molecule is O=C(O)CCCN(Cc1sccc1Br)c1ccccc1. The van der Waals surface area contributed by atoms with E-state index in [0.717, 1.165) is 23.2 Å². The highest BCUT2D eigenvalue weighted by Crippen LogP contribution is 2.26. The Labute approximate surface area is 131 Å². The van der Waals surface area contributed by atoms with Crippen LogP contribution in [0.15, 0.2) is 46.3 Å². The highest BCUT2D eigenvalue weighted by Gasteiger charge is 2.11. The lowest BCUT2D eigenvalue weighted by atomic mass is 10.2. The number of nitrogens with zero attached hydrogens (tertiary/aromatic N) is 1. The van der Waals surface area contributed by atoms with Crippen molar-refractivity contribution in [2.45, 2.75) is 19.4 Å². The van der Waals surface area contributed by atoms with Crippen LogP contribution < -0.4 is 4.90 Å². The van der Waals surface area contributed by atoms with Gasteiger partial charge in [0.15, 0.2) is 0 Å². The molecule has 1 aromatic carbocycles. The number of para-hydroxylation sites is 1. The Balaban J connectivity index is 2.08. The van der Waals surface area contributed by atoms with Gasteiger partial charge < -0.3 is 10.0 Å². The largest absolute Gasteiger partial charge is 0.481 e. The number of hydrogen-bond donors (Lipinski definition) is 1. The quantitative estimate of drug-likeness (QED) is 0.802. The summed E-state index contributed by atoms with van der Waals surface area (Å²) >= 11 is 5.26. The molecule has 0 saturated heterocycles. The molecule has 2 aromatic rings. The van der Waals surface area contributed by atoms with Crippen molar-refractivity contribution in [3.63, 3.8) is 0 Å². The minimum absolute atomic E-state index is 0.203. The van der Waals surface area contributed by atoms with Crippen molar-refractivity contribution < 1.29 is 9.90 Å². The fraction of sp³-hybridized carbons (Fsp3) is 0.267. The fourth-order valence-electron chi connectivity index (χ4n) is 1.97. The molecule has 0 fully saturated rings. The maximum atomic E-state index is 10.7. The van der Waals surface area contributed by atoms with E-state index in [2.05, 4.69) is 38.3 Å². The fourth-order valence-corrected chi connectivity index (χ4v) is 3.46. The van der Waals surface area contributed by atoms with E-state index in [4.69, 9.17) is 5.11 Å². The monoisotopic (exact) mass is 353 g/mol. The van der Waals surface area contributed by atoms with Crippen LogP contribution in [0.5, 0.6) is 0 Å². The van der Waals surface area contributed by atoms with Crippen molar-refractivity contribution in [2.75, 3.05) is 11.4 Å². The van der Waals surface area contributed by atoms with Gasteiger partial charge in [-0.05, 0) is 45.9 Å². The molecule has 2 rings (SSSR count). The van der Waals surface area contributed by atoms with Gasteiger partial charge >= 0.3 is 5.97 Å². The number of carboxylic acid groups (broad SMARTS) is 1. The average Bonchev–Trinajstić information content (AvgIpc) is 2.84. The van der Waals surface area contributed by atoms with Crippen LogP contribution in [0.4, 0.5) is 5.69 Å². The third-order valence-corrected chi connectivity index (χ3v) is 4.88. The van der Waals surface area contributed by atoms with Crippen LogP contribution in [0.1, 0.15) is 17.7 Å². The zero-order chi connectivity index (χ0) is 14.4. The van der Waals surface area contributed by atoms with Gasteiger partial charge in [-0.25, -0.2) is 0 Å². The van der Waals surface area contributed by atoms with Gasteiger partial charge in [0.1, 0.15) is 0 Å². The molecule has 1 aromatic heterocycles. The number of carbonyl (C=O) groups is 1. The number of rotatable bonds is 7. The van der Waals surface area contributed by atoms with Crippen molar-refractivity contribution in [2.24, 2.45) is 0 Å². The van der Waals surface area contributed by atoms with Crippen molar-refractivity contribution in [3.8, 4) is 0 Å². The van der Waals surface area contributed by atoms with E-state index in [1.165, 1.54) is 4.88 Å². The average molecular weight is 354 g/mol. The zero-order valence-electron chi connectivity index (χ0n) is 11.0. The van der Waals surface area contributed by atoms with Crippen LogP contribution in [-0.2, 0) is 11.3 Å². The van der Waals surface area contributed by atoms with Crippen molar-refractivity contribution in [1.29, 1.82) is 0 Å². The number of aliphatic carboxylic acids is 1. The number of hydrogen-bond acceptors (Lipinski definition) is 3. The number of carboxylic acids is 1. The highest BCUT2D eigenvalue weighted by molar-refractivity contribution is 9.10. The van der Waals surface area contributed by atoms with Gasteiger partial charge in [0, 0.05) is 28.0 Å². The van der Waals surface area contributed by atoms with Gasteiger partial charge in [0.05, 0.1) is 6.54 Å². The highest BCUT2D eigenvalue weighted by atomic mass is 79.9. The third-order valence-electron chi connectivity index (χ3n) is 2.97. The van der Waals surface area contributed by atoms with E-state index in [0.29, 0.717) is 6.42 Å². The Bertz CT molecular complexity index is 556. The number of anilines is 1. The molecule has 0 aliphatic heterocycles. The third kappa shape index (κ3) is 4.35. The summed E-state index contributed by atoms with van der Waals surface area (Å²) in [6.45, 7) is 1.53. The molecule has 20 heavy (non-hydrogen) atoms. The van der Waals surface area contributed by atoms with Gasteiger partial charge in [-0.2, -0.15) is 0 Å². The van der Waals surface area contributed by atoms with Crippen molar-refractivity contribution in [3.05, 3.63) is 51.1 Å². The summed E-state index contributed by atoms with van der Waals surface area (Å²) in [5.41, 5.74) is 1.12. The summed E-state index contributed by atoms with van der Waals surface area (Å²) in [6.07, 6.45) is 0.849. The molecule has 1 N–H and O–H groups in total. The van der Waals surface area contributed by atoms with Gasteiger partial charge in [0.25, 0.3) is 0 Å². The maximum absolute atomic E-state index is 10.7. The van der Waals surface area contributed by atoms with E-state index in [1.807, 2.05) is 24.3 Å². The second-order valence-corrected chi connectivity index (χ2v) is 6.30. The van der Waals surface area contributed by atoms with Gasteiger partial charge in [-0.3, -0.25) is 4.79 Å². The Kier molecular flexibility index (Phi) is 5.61. The molecule has 106 valence electrons. The summed E-state index contributed by atoms with van der Waals surface area (Å²) in [6, 6.07) is 12.1. The molecule has 0 aliphatic carbocycles. The Morgan fingerprint density at radius 1 is 1.25 bits per heavy atom. The molecule has 5 heteroatoms. The molecular weight excluding hydrogens is 338 g/mol. The van der Waals surface area contributed by atoms with Gasteiger partial charge in [-0.1, -0.05) is 18.2 Å². The van der Waals surface area contributed by atoms with Crippen molar-refractivity contribution >= 4 is 38.9 Å². The Morgan fingerprint density at radius 3 is 2.60 bits per heavy atom. The second-order valence-electron chi connectivity index (χ2n) is 4.45. The van der Waals surface area contributed by atoms with E-state index < -0.39 is 5.97 Å². The molecule has 0 bridgehead atoms. The summed E-state index contributed by atoms with van der Waals surface area (Å²) in [7, 11) is 0. The van der Waals surface area contributed by atoms with Crippen LogP contribution in [0.3, 0.4) is 0 Å². The molecule has 1 heterocycles. The second kappa shape index (κ2) is 7.45. The number of benzene rings is 1. The van der Waals surface area contributed by atoms with Crippen LogP contribution in [0.2, 0.25) is 0 Å². The predicted molar refractivity (Wildman–Crippen MR) is 86.4 cm³/mol. The summed E-state index contributed by atoms with van der Waals surface area (Å²) < 4.78 is 1.11. The van der Waals surface area contributed by atoms with Crippen molar-refractivity contribution in [1.82, 2.24) is 0 Å². The van der Waals surface area contributed by atoms with E-state index in [9.17, 15) is 4.79 Å². The standard InChI is InChI=1S/C15H16BrNO2S/c16-13-8-10-20-14(13)11-17(9-4-7-15(18)19)12-5-2-1-3-6-12/h1-3,5-6,8,10H,4,7,9,11H2,(H,18,19). The first-order valence-corrected chi connectivity index (χ1v) is 8.08. The molecule has 0 spiro atoms. The minimum Gasteiger partial charge on any atom is -0.481 e. The van der Waals surface area contributed by atoms with Crippen LogP contribution in [0, 0.1) is 0 Å². The Hall–Kier alpha value is -1.33. The molecule has 0 saturated carbocycles. The summed E-state index contributed by atoms with van der Waals surface area (Å²) in [5.74, 6) is -0.740. The first kappa shape index (κ1) is 15.1. The zero-order valence-corrected chi connectivity index (χ0v) is 13.4. The normalized spacial score (nSPS) is 10.4.